The van der Waals surface area contributed by atoms with Crippen LogP contribution in [0.25, 0.3) is 0 Å². The summed E-state index contributed by atoms with van der Waals surface area (Å²) in [5, 5.41) is 3.08. The maximum Gasteiger partial charge on any atom is 0.225 e. The van der Waals surface area contributed by atoms with Crippen molar-refractivity contribution in [3.63, 3.8) is 0 Å². The van der Waals surface area contributed by atoms with Crippen LogP contribution in [0.4, 0.5) is 0 Å². The molecule has 1 saturated carbocycles. The van der Waals surface area contributed by atoms with Gasteiger partial charge in [0.2, 0.25) is 11.8 Å². The SMILES string of the molecule is COc1ccc(C2CN(C(=O)C3CC3)CC2C(=O)NCCC(C)C)c(OC)c1. The van der Waals surface area contributed by atoms with Crippen molar-refractivity contribution in [3.8, 4) is 11.5 Å². The van der Waals surface area contributed by atoms with Gasteiger partial charge in [-0.15, -0.1) is 0 Å². The second-order valence-electron chi connectivity index (χ2n) is 8.31. The van der Waals surface area contributed by atoms with E-state index in [1.54, 1.807) is 14.2 Å². The first-order valence-corrected chi connectivity index (χ1v) is 10.2. The number of nitrogens with one attached hydrogen (secondary N) is 1. The van der Waals surface area contributed by atoms with E-state index < -0.39 is 0 Å². The number of amides is 2. The lowest BCUT2D eigenvalue weighted by Gasteiger charge is -2.21. The van der Waals surface area contributed by atoms with E-state index in [0.717, 1.165) is 24.8 Å². The molecule has 2 unspecified atom stereocenters. The molecule has 1 aliphatic carbocycles. The van der Waals surface area contributed by atoms with E-state index in [2.05, 4.69) is 19.2 Å². The lowest BCUT2D eigenvalue weighted by Crippen LogP contribution is -2.36. The Hall–Kier alpha value is -2.24. The molecule has 0 radical (unpaired) electrons. The highest BCUT2D eigenvalue weighted by molar-refractivity contribution is 5.85. The molecule has 2 fully saturated rings. The molecule has 0 spiro atoms. The molecule has 2 atom stereocenters. The van der Waals surface area contributed by atoms with Gasteiger partial charge in [-0.05, 0) is 31.2 Å². The highest BCUT2D eigenvalue weighted by atomic mass is 16.5. The normalized spacial score (nSPS) is 21.7. The number of carbonyl (C=O) groups is 2. The minimum atomic E-state index is -0.267. The van der Waals surface area contributed by atoms with Gasteiger partial charge in [-0.25, -0.2) is 0 Å². The number of hydrogen-bond acceptors (Lipinski definition) is 4. The Morgan fingerprint density at radius 3 is 2.54 bits per heavy atom. The van der Waals surface area contributed by atoms with Crippen LogP contribution < -0.4 is 14.8 Å². The van der Waals surface area contributed by atoms with E-state index in [1.165, 1.54) is 0 Å². The summed E-state index contributed by atoms with van der Waals surface area (Å²) in [6.07, 6.45) is 2.88. The minimum Gasteiger partial charge on any atom is -0.497 e. The minimum absolute atomic E-state index is 0.0228. The van der Waals surface area contributed by atoms with Crippen molar-refractivity contribution in [3.05, 3.63) is 23.8 Å². The molecule has 3 rings (SSSR count). The number of nitrogens with zero attached hydrogens (tertiary/aromatic N) is 1. The van der Waals surface area contributed by atoms with E-state index in [1.807, 2.05) is 23.1 Å². The maximum atomic E-state index is 13.0. The van der Waals surface area contributed by atoms with Crippen molar-refractivity contribution < 1.29 is 19.1 Å². The van der Waals surface area contributed by atoms with Gasteiger partial charge in [0.15, 0.2) is 0 Å². The van der Waals surface area contributed by atoms with Gasteiger partial charge < -0.3 is 19.7 Å². The molecule has 154 valence electrons. The number of rotatable bonds is 8. The summed E-state index contributed by atoms with van der Waals surface area (Å²) in [5.74, 6) is 1.97. The molecular formula is C22H32N2O4. The van der Waals surface area contributed by atoms with Crippen molar-refractivity contribution in [1.29, 1.82) is 0 Å². The Kier molecular flexibility index (Phi) is 6.47. The summed E-state index contributed by atoms with van der Waals surface area (Å²) < 4.78 is 10.9. The average Bonchev–Trinajstić information content (AvgIpc) is 3.44. The van der Waals surface area contributed by atoms with Gasteiger partial charge in [-0.1, -0.05) is 19.9 Å². The van der Waals surface area contributed by atoms with Gasteiger partial charge >= 0.3 is 0 Å². The van der Waals surface area contributed by atoms with Crippen LogP contribution >= 0.6 is 0 Å². The molecule has 6 heteroatoms. The Bertz CT molecular complexity index is 714. The Labute approximate surface area is 167 Å². The zero-order valence-electron chi connectivity index (χ0n) is 17.4. The molecule has 2 amide bonds. The summed E-state index contributed by atoms with van der Waals surface area (Å²) in [5.41, 5.74) is 0.957. The topological polar surface area (TPSA) is 67.9 Å². The third-order valence-electron chi connectivity index (χ3n) is 5.76. The van der Waals surface area contributed by atoms with Crippen LogP contribution in [0.2, 0.25) is 0 Å². The van der Waals surface area contributed by atoms with E-state index >= 15 is 0 Å². The molecule has 1 aromatic carbocycles. The van der Waals surface area contributed by atoms with Crippen LogP contribution in [-0.4, -0.2) is 50.6 Å². The molecule has 0 bridgehead atoms. The number of hydrogen-bond donors (Lipinski definition) is 1. The van der Waals surface area contributed by atoms with Crippen LogP contribution in [0, 0.1) is 17.8 Å². The fourth-order valence-corrected chi connectivity index (χ4v) is 3.89. The van der Waals surface area contributed by atoms with Gasteiger partial charge in [0, 0.05) is 43.1 Å². The lowest BCUT2D eigenvalue weighted by molar-refractivity contribution is -0.132. The van der Waals surface area contributed by atoms with Crippen LogP contribution in [0.3, 0.4) is 0 Å². The molecule has 28 heavy (non-hydrogen) atoms. The second-order valence-corrected chi connectivity index (χ2v) is 8.31. The van der Waals surface area contributed by atoms with Crippen molar-refractivity contribution >= 4 is 11.8 Å². The Morgan fingerprint density at radius 2 is 1.93 bits per heavy atom. The van der Waals surface area contributed by atoms with Gasteiger partial charge in [-0.3, -0.25) is 9.59 Å². The van der Waals surface area contributed by atoms with E-state index in [0.29, 0.717) is 37.1 Å². The van der Waals surface area contributed by atoms with E-state index in [4.69, 9.17) is 9.47 Å². The smallest absolute Gasteiger partial charge is 0.225 e. The van der Waals surface area contributed by atoms with Crippen molar-refractivity contribution in [2.45, 2.75) is 39.0 Å². The molecule has 1 N–H and O–H groups in total. The molecular weight excluding hydrogens is 356 g/mol. The van der Waals surface area contributed by atoms with Gasteiger partial charge in [0.05, 0.1) is 20.1 Å². The molecule has 0 aromatic heterocycles. The largest absolute Gasteiger partial charge is 0.497 e. The van der Waals surface area contributed by atoms with E-state index in [-0.39, 0.29) is 29.6 Å². The van der Waals surface area contributed by atoms with Crippen LogP contribution in [0.5, 0.6) is 11.5 Å². The molecule has 1 heterocycles. The summed E-state index contributed by atoms with van der Waals surface area (Å²) in [6, 6.07) is 5.69. The van der Waals surface area contributed by atoms with Gasteiger partial charge in [-0.2, -0.15) is 0 Å². The third-order valence-corrected chi connectivity index (χ3v) is 5.76. The first-order valence-electron chi connectivity index (χ1n) is 10.2. The van der Waals surface area contributed by atoms with E-state index in [9.17, 15) is 9.59 Å². The highest BCUT2D eigenvalue weighted by Crippen LogP contribution is 2.41. The van der Waals surface area contributed by atoms with Gasteiger partial charge in [0.25, 0.3) is 0 Å². The predicted octanol–water partition coefficient (Wildman–Crippen LogP) is 2.82. The van der Waals surface area contributed by atoms with Crippen LogP contribution in [-0.2, 0) is 9.59 Å². The first-order chi connectivity index (χ1) is 13.4. The number of likely N-dealkylation sites (tertiary alicyclic amines) is 1. The Morgan fingerprint density at radius 1 is 1.18 bits per heavy atom. The summed E-state index contributed by atoms with van der Waals surface area (Å²) in [6.45, 7) is 5.98. The molecule has 6 nitrogen and oxygen atoms in total. The maximum absolute atomic E-state index is 13.0. The number of methoxy groups -OCH3 is 2. The first kappa shape index (κ1) is 20.5. The molecule has 2 aliphatic rings. The van der Waals surface area contributed by atoms with Crippen LogP contribution in [0.15, 0.2) is 18.2 Å². The molecule has 1 aliphatic heterocycles. The highest BCUT2D eigenvalue weighted by Gasteiger charge is 2.44. The monoisotopic (exact) mass is 388 g/mol. The average molecular weight is 389 g/mol. The van der Waals surface area contributed by atoms with Crippen molar-refractivity contribution in [1.82, 2.24) is 10.2 Å². The van der Waals surface area contributed by atoms with Crippen molar-refractivity contribution in [2.75, 3.05) is 33.9 Å². The van der Waals surface area contributed by atoms with Crippen molar-refractivity contribution in [2.24, 2.45) is 17.8 Å². The summed E-state index contributed by atoms with van der Waals surface area (Å²) in [4.78, 5) is 27.5. The quantitative estimate of drug-likeness (QED) is 0.744. The number of benzene rings is 1. The molecule has 1 saturated heterocycles. The zero-order chi connectivity index (χ0) is 20.3. The van der Waals surface area contributed by atoms with Crippen LogP contribution in [0.1, 0.15) is 44.6 Å². The zero-order valence-corrected chi connectivity index (χ0v) is 17.4. The fraction of sp³-hybridized carbons (Fsp3) is 0.636. The number of ether oxygens (including phenoxy) is 2. The number of carbonyl (C=O) groups excluding carboxylic acids is 2. The lowest BCUT2D eigenvalue weighted by atomic mass is 9.87. The predicted molar refractivity (Wildman–Crippen MR) is 108 cm³/mol. The fourth-order valence-electron chi connectivity index (χ4n) is 3.89. The Balaban J connectivity index is 1.82. The third kappa shape index (κ3) is 4.59. The molecule has 1 aromatic rings. The standard InChI is InChI=1S/C22H32N2O4/c1-14(2)9-10-23-21(25)19-13-24(22(26)15-5-6-15)12-18(19)17-8-7-16(27-3)11-20(17)28-4/h7-8,11,14-15,18-19H,5-6,9-10,12-13H2,1-4H3,(H,23,25). The summed E-state index contributed by atoms with van der Waals surface area (Å²) >= 11 is 0. The second kappa shape index (κ2) is 8.84. The summed E-state index contributed by atoms with van der Waals surface area (Å²) in [7, 11) is 3.24. The van der Waals surface area contributed by atoms with Gasteiger partial charge in [0.1, 0.15) is 11.5 Å².